The van der Waals surface area contributed by atoms with Gasteiger partial charge in [0.25, 0.3) is 0 Å². The minimum absolute atomic E-state index is 0.370. The summed E-state index contributed by atoms with van der Waals surface area (Å²) in [5, 5.41) is 0.662. The molecule has 18 heavy (non-hydrogen) atoms. The fourth-order valence-electron chi connectivity index (χ4n) is 1.64. The highest BCUT2D eigenvalue weighted by Gasteiger charge is 2.11. The molecule has 0 saturated heterocycles. The van der Waals surface area contributed by atoms with Crippen LogP contribution in [0.1, 0.15) is 10.4 Å². The van der Waals surface area contributed by atoms with E-state index in [0.717, 1.165) is 11.1 Å². The van der Waals surface area contributed by atoms with Crippen molar-refractivity contribution in [3.63, 3.8) is 0 Å². The van der Waals surface area contributed by atoms with Crippen molar-refractivity contribution in [3.05, 3.63) is 57.5 Å². The molecular weight excluding hydrogens is 316 g/mol. The van der Waals surface area contributed by atoms with Crippen LogP contribution in [-0.2, 0) is 4.74 Å². The van der Waals surface area contributed by atoms with Gasteiger partial charge in [0.2, 0.25) is 0 Å². The molecule has 0 aliphatic carbocycles. The fourth-order valence-corrected chi connectivity index (χ4v) is 2.24. The lowest BCUT2D eigenvalue weighted by molar-refractivity contribution is 0.0600. The number of carbonyl (C=O) groups excluding carboxylic acids is 1. The van der Waals surface area contributed by atoms with Gasteiger partial charge in [-0.3, -0.25) is 0 Å². The Hall–Kier alpha value is -1.32. The second-order valence-electron chi connectivity index (χ2n) is 3.70. The van der Waals surface area contributed by atoms with Crippen LogP contribution >= 0.6 is 27.5 Å². The monoisotopic (exact) mass is 324 g/mol. The Balaban J connectivity index is 2.50. The van der Waals surface area contributed by atoms with Gasteiger partial charge in [0.15, 0.2) is 0 Å². The van der Waals surface area contributed by atoms with E-state index in [0.29, 0.717) is 15.1 Å². The molecule has 0 fully saturated rings. The third kappa shape index (κ3) is 2.74. The topological polar surface area (TPSA) is 26.3 Å². The van der Waals surface area contributed by atoms with Gasteiger partial charge in [0.05, 0.1) is 12.7 Å². The normalized spacial score (nSPS) is 10.2. The predicted octanol–water partition coefficient (Wildman–Crippen LogP) is 4.56. The molecule has 0 N–H and O–H groups in total. The van der Waals surface area contributed by atoms with Crippen LogP contribution < -0.4 is 0 Å². The molecule has 0 amide bonds. The van der Waals surface area contributed by atoms with Crippen molar-refractivity contribution in [1.82, 2.24) is 0 Å². The van der Waals surface area contributed by atoms with E-state index < -0.39 is 0 Å². The van der Waals surface area contributed by atoms with E-state index in [2.05, 4.69) is 15.9 Å². The first-order valence-corrected chi connectivity index (χ1v) is 6.42. The lowest BCUT2D eigenvalue weighted by Crippen LogP contribution is -2.02. The maximum absolute atomic E-state index is 11.6. The highest BCUT2D eigenvalue weighted by Crippen LogP contribution is 2.27. The molecule has 2 rings (SSSR count). The fraction of sp³-hybridized carbons (Fsp3) is 0.0714. The van der Waals surface area contributed by atoms with Crippen LogP contribution in [0.15, 0.2) is 46.9 Å². The first kappa shape index (κ1) is 13.1. The SMILES string of the molecule is COC(=O)c1cc(-c2cccc(Cl)c2)ccc1Br. The van der Waals surface area contributed by atoms with E-state index in [9.17, 15) is 4.79 Å². The number of esters is 1. The minimum Gasteiger partial charge on any atom is -0.465 e. The summed E-state index contributed by atoms with van der Waals surface area (Å²) in [5.74, 6) is -0.370. The largest absolute Gasteiger partial charge is 0.465 e. The zero-order valence-corrected chi connectivity index (χ0v) is 12.0. The van der Waals surface area contributed by atoms with Crippen LogP contribution in [0, 0.1) is 0 Å². The Bertz CT molecular complexity index is 596. The summed E-state index contributed by atoms with van der Waals surface area (Å²) < 4.78 is 5.45. The molecule has 0 bridgehead atoms. The van der Waals surface area contributed by atoms with Crippen molar-refractivity contribution in [3.8, 4) is 11.1 Å². The van der Waals surface area contributed by atoms with E-state index in [1.54, 1.807) is 6.07 Å². The van der Waals surface area contributed by atoms with E-state index in [-0.39, 0.29) is 5.97 Å². The molecule has 2 nitrogen and oxygen atoms in total. The van der Waals surface area contributed by atoms with Gasteiger partial charge in [-0.05, 0) is 51.3 Å². The average Bonchev–Trinajstić information content (AvgIpc) is 2.38. The second kappa shape index (κ2) is 5.55. The highest BCUT2D eigenvalue weighted by atomic mass is 79.9. The second-order valence-corrected chi connectivity index (χ2v) is 4.99. The van der Waals surface area contributed by atoms with Crippen LogP contribution in [0.25, 0.3) is 11.1 Å². The maximum Gasteiger partial charge on any atom is 0.339 e. The number of ether oxygens (including phenoxy) is 1. The number of carbonyl (C=O) groups is 1. The standard InChI is InChI=1S/C14H10BrClO2/c1-18-14(17)12-8-10(5-6-13(12)15)9-3-2-4-11(16)7-9/h2-8H,1H3. The van der Waals surface area contributed by atoms with Gasteiger partial charge in [-0.25, -0.2) is 4.79 Å². The van der Waals surface area contributed by atoms with Crippen molar-refractivity contribution >= 4 is 33.5 Å². The Labute approximate surface area is 119 Å². The molecule has 0 saturated carbocycles. The molecule has 0 unspecified atom stereocenters. The lowest BCUT2D eigenvalue weighted by Gasteiger charge is -2.07. The summed E-state index contributed by atoms with van der Waals surface area (Å²) in [6.45, 7) is 0. The molecule has 0 aliphatic rings. The van der Waals surface area contributed by atoms with Crippen LogP contribution in [0.3, 0.4) is 0 Å². The van der Waals surface area contributed by atoms with Crippen molar-refractivity contribution in [2.75, 3.05) is 7.11 Å². The summed E-state index contributed by atoms with van der Waals surface area (Å²) in [6, 6.07) is 13.0. The van der Waals surface area contributed by atoms with E-state index >= 15 is 0 Å². The van der Waals surface area contributed by atoms with Crippen molar-refractivity contribution in [1.29, 1.82) is 0 Å². The summed E-state index contributed by atoms with van der Waals surface area (Å²) in [4.78, 5) is 11.6. The highest BCUT2D eigenvalue weighted by molar-refractivity contribution is 9.10. The predicted molar refractivity (Wildman–Crippen MR) is 75.9 cm³/mol. The summed E-state index contributed by atoms with van der Waals surface area (Å²) in [6.07, 6.45) is 0. The van der Waals surface area contributed by atoms with Crippen molar-refractivity contribution in [2.24, 2.45) is 0 Å². The summed E-state index contributed by atoms with van der Waals surface area (Å²) in [5.41, 5.74) is 2.37. The van der Waals surface area contributed by atoms with Gasteiger partial charge in [0.1, 0.15) is 0 Å². The van der Waals surface area contributed by atoms with Gasteiger partial charge >= 0.3 is 5.97 Å². The first-order valence-electron chi connectivity index (χ1n) is 5.25. The third-order valence-corrected chi connectivity index (χ3v) is 3.46. The molecule has 4 heteroatoms. The molecule has 0 aromatic heterocycles. The molecular formula is C14H10BrClO2. The molecule has 92 valence electrons. The lowest BCUT2D eigenvalue weighted by atomic mass is 10.0. The van der Waals surface area contributed by atoms with Crippen LogP contribution in [0.5, 0.6) is 0 Å². The third-order valence-electron chi connectivity index (χ3n) is 2.53. The molecule has 2 aromatic carbocycles. The van der Waals surface area contributed by atoms with Crippen LogP contribution in [0.2, 0.25) is 5.02 Å². The molecule has 0 heterocycles. The quantitative estimate of drug-likeness (QED) is 0.757. The van der Waals surface area contributed by atoms with Gasteiger partial charge in [-0.2, -0.15) is 0 Å². The summed E-state index contributed by atoms with van der Waals surface area (Å²) in [7, 11) is 1.36. The van der Waals surface area contributed by atoms with Crippen molar-refractivity contribution in [2.45, 2.75) is 0 Å². The molecule has 0 spiro atoms. The molecule has 0 radical (unpaired) electrons. The number of hydrogen-bond acceptors (Lipinski definition) is 2. The molecule has 0 aliphatic heterocycles. The number of halogens is 2. The van der Waals surface area contributed by atoms with Crippen LogP contribution in [-0.4, -0.2) is 13.1 Å². The Morgan fingerprint density at radius 1 is 1.17 bits per heavy atom. The zero-order chi connectivity index (χ0) is 13.1. The van der Waals surface area contributed by atoms with E-state index in [4.69, 9.17) is 16.3 Å². The Kier molecular flexibility index (Phi) is 4.04. The Morgan fingerprint density at radius 2 is 1.89 bits per heavy atom. The van der Waals surface area contributed by atoms with Gasteiger partial charge in [-0.15, -0.1) is 0 Å². The van der Waals surface area contributed by atoms with Crippen molar-refractivity contribution < 1.29 is 9.53 Å². The van der Waals surface area contributed by atoms with Gasteiger partial charge in [0, 0.05) is 9.50 Å². The van der Waals surface area contributed by atoms with Gasteiger partial charge < -0.3 is 4.74 Å². The number of benzene rings is 2. The maximum atomic E-state index is 11.6. The number of methoxy groups -OCH3 is 1. The first-order chi connectivity index (χ1) is 8.61. The van der Waals surface area contributed by atoms with Gasteiger partial charge in [-0.1, -0.05) is 29.8 Å². The van der Waals surface area contributed by atoms with E-state index in [1.807, 2.05) is 36.4 Å². The van der Waals surface area contributed by atoms with E-state index in [1.165, 1.54) is 7.11 Å². The molecule has 2 aromatic rings. The Morgan fingerprint density at radius 3 is 2.56 bits per heavy atom. The number of rotatable bonds is 2. The zero-order valence-electron chi connectivity index (χ0n) is 9.61. The smallest absolute Gasteiger partial charge is 0.339 e. The van der Waals surface area contributed by atoms with Crippen LogP contribution in [0.4, 0.5) is 0 Å². The number of hydrogen-bond donors (Lipinski definition) is 0. The minimum atomic E-state index is -0.370. The molecule has 0 atom stereocenters. The average molecular weight is 326 g/mol. The summed E-state index contributed by atoms with van der Waals surface area (Å²) >= 11 is 9.29.